The summed E-state index contributed by atoms with van der Waals surface area (Å²) in [6.07, 6.45) is 2.74. The maximum atomic E-state index is 10.7. The molecule has 1 heterocycles. The molecule has 1 aliphatic rings. The van der Waals surface area contributed by atoms with Gasteiger partial charge in [0.25, 0.3) is 0 Å². The number of methoxy groups -OCH3 is 1. The van der Waals surface area contributed by atoms with E-state index in [-0.39, 0.29) is 0 Å². The van der Waals surface area contributed by atoms with E-state index in [0.29, 0.717) is 13.0 Å². The second-order valence-corrected chi connectivity index (χ2v) is 5.51. The van der Waals surface area contributed by atoms with Crippen molar-refractivity contribution in [3.63, 3.8) is 0 Å². The average Bonchev–Trinajstić information content (AvgIpc) is 2.46. The number of para-hydroxylation sites is 1. The Hall–Kier alpha value is -1.10. The molecule has 1 aliphatic heterocycles. The average molecular weight is 279 g/mol. The molecule has 1 atom stereocenters. The summed E-state index contributed by atoms with van der Waals surface area (Å²) in [5, 5.41) is 14.0. The predicted molar refractivity (Wildman–Crippen MR) is 79.2 cm³/mol. The third-order valence-electron chi connectivity index (χ3n) is 3.79. The lowest BCUT2D eigenvalue weighted by Crippen LogP contribution is -2.30. The molecule has 0 fully saturated rings. The van der Waals surface area contributed by atoms with Crippen LogP contribution in [0, 0.1) is 0 Å². The van der Waals surface area contributed by atoms with Gasteiger partial charge in [-0.3, -0.25) is 0 Å². The number of benzene rings is 1. The summed E-state index contributed by atoms with van der Waals surface area (Å²) in [4.78, 5) is 0. The van der Waals surface area contributed by atoms with Gasteiger partial charge in [-0.1, -0.05) is 18.2 Å². The molecule has 0 saturated heterocycles. The molecule has 2 rings (SSSR count). The quantitative estimate of drug-likeness (QED) is 0.748. The van der Waals surface area contributed by atoms with E-state index in [2.05, 4.69) is 11.4 Å². The number of hydrogen-bond donors (Lipinski definition) is 2. The van der Waals surface area contributed by atoms with E-state index in [0.717, 1.165) is 43.9 Å². The van der Waals surface area contributed by atoms with Crippen molar-refractivity contribution in [2.45, 2.75) is 31.8 Å². The molecule has 0 spiro atoms. The molecule has 0 aromatic heterocycles. The Morgan fingerprint density at radius 2 is 2.25 bits per heavy atom. The molecule has 0 saturated carbocycles. The molecule has 4 heteroatoms. The summed E-state index contributed by atoms with van der Waals surface area (Å²) in [5.41, 5.74) is 1.24. The van der Waals surface area contributed by atoms with E-state index in [9.17, 15) is 5.11 Å². The fraction of sp³-hybridized carbons (Fsp3) is 0.625. The Morgan fingerprint density at radius 1 is 1.40 bits per heavy atom. The fourth-order valence-corrected chi connectivity index (χ4v) is 2.58. The van der Waals surface area contributed by atoms with Crippen LogP contribution in [0.5, 0.6) is 5.75 Å². The van der Waals surface area contributed by atoms with Gasteiger partial charge >= 0.3 is 0 Å². The lowest BCUT2D eigenvalue weighted by atomic mass is 9.88. The van der Waals surface area contributed by atoms with Crippen molar-refractivity contribution in [3.8, 4) is 5.75 Å². The number of aryl methyl sites for hydroxylation is 1. The molecule has 20 heavy (non-hydrogen) atoms. The summed E-state index contributed by atoms with van der Waals surface area (Å²) in [6, 6.07) is 6.07. The molecule has 1 aromatic rings. The number of aliphatic hydroxyl groups is 1. The fourth-order valence-electron chi connectivity index (χ4n) is 2.58. The van der Waals surface area contributed by atoms with Crippen LogP contribution in [-0.4, -0.2) is 38.5 Å². The predicted octanol–water partition coefficient (Wildman–Crippen LogP) is 1.85. The van der Waals surface area contributed by atoms with Crippen LogP contribution in [0.25, 0.3) is 0 Å². The van der Waals surface area contributed by atoms with Crippen molar-refractivity contribution in [1.82, 2.24) is 5.32 Å². The van der Waals surface area contributed by atoms with Gasteiger partial charge in [0.2, 0.25) is 0 Å². The first-order chi connectivity index (χ1) is 9.65. The highest BCUT2D eigenvalue weighted by atomic mass is 16.5. The van der Waals surface area contributed by atoms with Gasteiger partial charge in [-0.2, -0.15) is 0 Å². The highest BCUT2D eigenvalue weighted by Crippen LogP contribution is 2.37. The van der Waals surface area contributed by atoms with Crippen molar-refractivity contribution >= 4 is 0 Å². The van der Waals surface area contributed by atoms with Crippen molar-refractivity contribution in [3.05, 3.63) is 29.3 Å². The zero-order valence-electron chi connectivity index (χ0n) is 12.4. The molecule has 112 valence electrons. The number of hydrogen-bond acceptors (Lipinski definition) is 4. The molecule has 1 unspecified atom stereocenters. The topological polar surface area (TPSA) is 50.7 Å². The van der Waals surface area contributed by atoms with Crippen molar-refractivity contribution < 1.29 is 14.6 Å². The SMILES string of the molecule is COCCNCCC(C)(O)c1cccc2c1OCCC2. The van der Waals surface area contributed by atoms with Gasteiger partial charge in [-0.15, -0.1) is 0 Å². The second-order valence-electron chi connectivity index (χ2n) is 5.51. The van der Waals surface area contributed by atoms with Crippen LogP contribution < -0.4 is 10.1 Å². The standard InChI is InChI=1S/C16H25NO3/c1-16(18,8-9-17-10-12-19-2)14-7-3-5-13-6-4-11-20-15(13)14/h3,5,7,17-18H,4,6,8-12H2,1-2H3. The van der Waals surface area contributed by atoms with Gasteiger partial charge in [0.1, 0.15) is 5.75 Å². The zero-order valence-corrected chi connectivity index (χ0v) is 12.4. The van der Waals surface area contributed by atoms with E-state index in [1.807, 2.05) is 19.1 Å². The highest BCUT2D eigenvalue weighted by Gasteiger charge is 2.28. The molecule has 4 nitrogen and oxygen atoms in total. The van der Waals surface area contributed by atoms with E-state index < -0.39 is 5.60 Å². The summed E-state index contributed by atoms with van der Waals surface area (Å²) in [6.45, 7) is 4.84. The Balaban J connectivity index is 2.01. The van der Waals surface area contributed by atoms with Crippen LogP contribution in [-0.2, 0) is 16.8 Å². The minimum atomic E-state index is -0.872. The van der Waals surface area contributed by atoms with E-state index in [4.69, 9.17) is 9.47 Å². The van der Waals surface area contributed by atoms with Crippen molar-refractivity contribution in [2.24, 2.45) is 0 Å². The van der Waals surface area contributed by atoms with Crippen LogP contribution in [0.1, 0.15) is 30.9 Å². The lowest BCUT2D eigenvalue weighted by molar-refractivity contribution is 0.0437. The van der Waals surface area contributed by atoms with Gasteiger partial charge in [0.15, 0.2) is 0 Å². The zero-order chi connectivity index (χ0) is 14.4. The maximum absolute atomic E-state index is 10.7. The van der Waals surface area contributed by atoms with Crippen LogP contribution in [0.15, 0.2) is 18.2 Å². The normalized spacial score (nSPS) is 17.1. The van der Waals surface area contributed by atoms with Crippen LogP contribution in [0.2, 0.25) is 0 Å². The molecule has 2 N–H and O–H groups in total. The van der Waals surface area contributed by atoms with Crippen molar-refractivity contribution in [2.75, 3.05) is 33.4 Å². The summed E-state index contributed by atoms with van der Waals surface area (Å²) in [7, 11) is 1.69. The van der Waals surface area contributed by atoms with E-state index >= 15 is 0 Å². The van der Waals surface area contributed by atoms with Gasteiger partial charge in [0.05, 0.1) is 18.8 Å². The molecular formula is C16H25NO3. The van der Waals surface area contributed by atoms with Crippen molar-refractivity contribution in [1.29, 1.82) is 0 Å². The number of fused-ring (bicyclic) bond motifs is 1. The van der Waals surface area contributed by atoms with Gasteiger partial charge in [-0.25, -0.2) is 0 Å². The van der Waals surface area contributed by atoms with Crippen LogP contribution in [0.3, 0.4) is 0 Å². The first-order valence-corrected chi connectivity index (χ1v) is 7.32. The maximum Gasteiger partial charge on any atom is 0.128 e. The summed E-state index contributed by atoms with van der Waals surface area (Å²) >= 11 is 0. The molecular weight excluding hydrogens is 254 g/mol. The summed E-state index contributed by atoms with van der Waals surface area (Å²) in [5.74, 6) is 0.889. The number of ether oxygens (including phenoxy) is 2. The second kappa shape index (κ2) is 7.07. The van der Waals surface area contributed by atoms with Gasteiger partial charge in [0, 0.05) is 19.2 Å². The van der Waals surface area contributed by atoms with E-state index in [1.54, 1.807) is 7.11 Å². The third-order valence-corrected chi connectivity index (χ3v) is 3.79. The van der Waals surface area contributed by atoms with Gasteiger partial charge < -0.3 is 19.9 Å². The molecule has 0 bridgehead atoms. The smallest absolute Gasteiger partial charge is 0.128 e. The Morgan fingerprint density at radius 3 is 3.05 bits per heavy atom. The Kier molecular flexibility index (Phi) is 5.40. The number of rotatable bonds is 7. The van der Waals surface area contributed by atoms with Crippen LogP contribution in [0.4, 0.5) is 0 Å². The molecule has 0 amide bonds. The lowest BCUT2D eigenvalue weighted by Gasteiger charge is -2.29. The highest BCUT2D eigenvalue weighted by molar-refractivity contribution is 5.45. The minimum Gasteiger partial charge on any atom is -0.493 e. The summed E-state index contributed by atoms with van der Waals surface area (Å²) < 4.78 is 10.8. The van der Waals surface area contributed by atoms with Crippen LogP contribution >= 0.6 is 0 Å². The third kappa shape index (κ3) is 3.72. The largest absolute Gasteiger partial charge is 0.493 e. The Bertz CT molecular complexity index is 432. The molecule has 0 radical (unpaired) electrons. The first-order valence-electron chi connectivity index (χ1n) is 7.32. The van der Waals surface area contributed by atoms with Gasteiger partial charge in [-0.05, 0) is 38.3 Å². The first kappa shape index (κ1) is 15.3. The monoisotopic (exact) mass is 279 g/mol. The van der Waals surface area contributed by atoms with E-state index in [1.165, 1.54) is 5.56 Å². The molecule has 0 aliphatic carbocycles. The molecule has 1 aromatic carbocycles. The minimum absolute atomic E-state index is 0.649. The number of nitrogens with one attached hydrogen (secondary N) is 1. The Labute approximate surface area is 121 Å².